The number of aryl methyl sites for hydroxylation is 1. The van der Waals surface area contributed by atoms with Gasteiger partial charge in [0.2, 0.25) is 5.91 Å². The van der Waals surface area contributed by atoms with E-state index in [2.05, 4.69) is 10.6 Å². The van der Waals surface area contributed by atoms with Gasteiger partial charge in [-0.2, -0.15) is 0 Å². The third kappa shape index (κ3) is 4.15. The second-order valence-electron chi connectivity index (χ2n) is 4.13. The Kier molecular flexibility index (Phi) is 5.10. The molecule has 0 saturated carbocycles. The minimum Gasteiger partial charge on any atom is -0.325 e. The van der Waals surface area contributed by atoms with Crippen LogP contribution in [-0.2, 0) is 4.79 Å². The van der Waals surface area contributed by atoms with Gasteiger partial charge in [-0.25, -0.2) is 4.39 Å². The molecule has 1 unspecified atom stereocenters. The summed E-state index contributed by atoms with van der Waals surface area (Å²) in [7, 11) is 0. The minimum atomic E-state index is -0.308. The standard InChI is InChI=1S/C13H19FN2O/c1-4-7-15-10(3)13(17)16-11-6-5-9(2)12(14)8-11/h5-6,8,10,15H,4,7H2,1-3H3,(H,16,17). The molecule has 0 aliphatic carbocycles. The Morgan fingerprint density at radius 3 is 2.76 bits per heavy atom. The van der Waals surface area contributed by atoms with Crippen LogP contribution in [0.25, 0.3) is 0 Å². The van der Waals surface area contributed by atoms with Gasteiger partial charge in [-0.1, -0.05) is 13.0 Å². The van der Waals surface area contributed by atoms with Gasteiger partial charge in [-0.05, 0) is 44.5 Å². The zero-order valence-corrected chi connectivity index (χ0v) is 10.5. The van der Waals surface area contributed by atoms with Gasteiger partial charge >= 0.3 is 0 Å². The van der Waals surface area contributed by atoms with Crippen molar-refractivity contribution in [1.29, 1.82) is 0 Å². The number of rotatable bonds is 5. The maximum absolute atomic E-state index is 13.3. The molecular weight excluding hydrogens is 219 g/mol. The number of carbonyl (C=O) groups excluding carboxylic acids is 1. The van der Waals surface area contributed by atoms with Crippen LogP contribution in [0.5, 0.6) is 0 Å². The predicted molar refractivity (Wildman–Crippen MR) is 67.5 cm³/mol. The summed E-state index contributed by atoms with van der Waals surface area (Å²) in [6.07, 6.45) is 0.969. The quantitative estimate of drug-likeness (QED) is 0.827. The molecule has 1 atom stereocenters. The Morgan fingerprint density at radius 1 is 1.47 bits per heavy atom. The van der Waals surface area contributed by atoms with Crippen molar-refractivity contribution in [3.8, 4) is 0 Å². The smallest absolute Gasteiger partial charge is 0.241 e. The first-order chi connectivity index (χ1) is 8.04. The summed E-state index contributed by atoms with van der Waals surface area (Å²) in [6, 6.07) is 4.40. The van der Waals surface area contributed by atoms with Crippen LogP contribution in [0.2, 0.25) is 0 Å². The van der Waals surface area contributed by atoms with Crippen molar-refractivity contribution >= 4 is 11.6 Å². The van der Waals surface area contributed by atoms with Gasteiger partial charge in [0, 0.05) is 5.69 Å². The molecule has 1 aromatic rings. The Bertz CT molecular complexity index is 393. The minimum absolute atomic E-state index is 0.151. The lowest BCUT2D eigenvalue weighted by molar-refractivity contribution is -0.117. The molecule has 1 rings (SSSR count). The van der Waals surface area contributed by atoms with Crippen LogP contribution in [0.1, 0.15) is 25.8 Å². The summed E-state index contributed by atoms with van der Waals surface area (Å²) in [4.78, 5) is 11.7. The van der Waals surface area contributed by atoms with Crippen LogP contribution >= 0.6 is 0 Å². The average molecular weight is 238 g/mol. The Balaban J connectivity index is 2.58. The molecule has 0 fully saturated rings. The van der Waals surface area contributed by atoms with Crippen molar-refractivity contribution in [2.24, 2.45) is 0 Å². The predicted octanol–water partition coefficient (Wildman–Crippen LogP) is 2.46. The van der Waals surface area contributed by atoms with E-state index in [0.717, 1.165) is 13.0 Å². The van der Waals surface area contributed by atoms with Gasteiger partial charge in [0.25, 0.3) is 0 Å². The molecule has 3 nitrogen and oxygen atoms in total. The van der Waals surface area contributed by atoms with Crippen LogP contribution in [0.3, 0.4) is 0 Å². The molecule has 0 heterocycles. The highest BCUT2D eigenvalue weighted by molar-refractivity contribution is 5.94. The van der Waals surface area contributed by atoms with Crippen molar-refractivity contribution in [3.05, 3.63) is 29.6 Å². The van der Waals surface area contributed by atoms with Crippen LogP contribution < -0.4 is 10.6 Å². The molecule has 0 aliphatic rings. The summed E-state index contributed by atoms with van der Waals surface area (Å²) in [5.74, 6) is -0.460. The fourth-order valence-corrected chi connectivity index (χ4v) is 1.37. The van der Waals surface area contributed by atoms with E-state index in [9.17, 15) is 9.18 Å². The number of benzene rings is 1. The first kappa shape index (κ1) is 13.6. The SMILES string of the molecule is CCCNC(C)C(=O)Nc1ccc(C)c(F)c1. The summed E-state index contributed by atoms with van der Waals surface area (Å²) in [6.45, 7) is 6.30. The Morgan fingerprint density at radius 2 is 2.18 bits per heavy atom. The molecule has 1 aromatic carbocycles. The van der Waals surface area contributed by atoms with Crippen molar-refractivity contribution in [3.63, 3.8) is 0 Å². The molecule has 0 aliphatic heterocycles. The number of hydrogen-bond acceptors (Lipinski definition) is 2. The lowest BCUT2D eigenvalue weighted by Crippen LogP contribution is -2.38. The molecule has 0 spiro atoms. The lowest BCUT2D eigenvalue weighted by Gasteiger charge is -2.13. The van der Waals surface area contributed by atoms with E-state index in [1.807, 2.05) is 6.92 Å². The van der Waals surface area contributed by atoms with Crippen LogP contribution in [0.15, 0.2) is 18.2 Å². The summed E-state index contributed by atoms with van der Waals surface area (Å²) in [5, 5.41) is 5.75. The number of nitrogens with one attached hydrogen (secondary N) is 2. The number of carbonyl (C=O) groups is 1. The Hall–Kier alpha value is -1.42. The molecule has 1 amide bonds. The van der Waals surface area contributed by atoms with Gasteiger partial charge in [0.1, 0.15) is 5.82 Å². The third-order valence-corrected chi connectivity index (χ3v) is 2.53. The number of anilines is 1. The highest BCUT2D eigenvalue weighted by Gasteiger charge is 2.12. The van der Waals surface area contributed by atoms with Crippen molar-refractivity contribution in [1.82, 2.24) is 5.32 Å². The van der Waals surface area contributed by atoms with Gasteiger partial charge in [-0.3, -0.25) is 4.79 Å². The summed E-state index contributed by atoms with van der Waals surface area (Å²) in [5.41, 5.74) is 1.06. The van der Waals surface area contributed by atoms with E-state index < -0.39 is 0 Å². The third-order valence-electron chi connectivity index (χ3n) is 2.53. The van der Waals surface area contributed by atoms with Crippen molar-refractivity contribution in [2.75, 3.05) is 11.9 Å². The highest BCUT2D eigenvalue weighted by atomic mass is 19.1. The molecule has 0 saturated heterocycles. The molecule has 2 N–H and O–H groups in total. The van der Waals surface area contributed by atoms with Crippen molar-refractivity contribution in [2.45, 2.75) is 33.2 Å². The monoisotopic (exact) mass is 238 g/mol. The van der Waals surface area contributed by atoms with Gasteiger partial charge in [0.15, 0.2) is 0 Å². The van der Waals surface area contributed by atoms with E-state index in [0.29, 0.717) is 11.3 Å². The molecule has 4 heteroatoms. The zero-order chi connectivity index (χ0) is 12.8. The number of hydrogen-bond donors (Lipinski definition) is 2. The second kappa shape index (κ2) is 6.35. The van der Waals surface area contributed by atoms with Crippen LogP contribution in [-0.4, -0.2) is 18.5 Å². The molecule has 94 valence electrons. The van der Waals surface area contributed by atoms with E-state index >= 15 is 0 Å². The Labute approximate surface area is 101 Å². The largest absolute Gasteiger partial charge is 0.325 e. The number of halogens is 1. The molecule has 0 bridgehead atoms. The van der Waals surface area contributed by atoms with Crippen LogP contribution in [0, 0.1) is 12.7 Å². The fourth-order valence-electron chi connectivity index (χ4n) is 1.37. The molecule has 0 aromatic heterocycles. The molecule has 17 heavy (non-hydrogen) atoms. The first-order valence-corrected chi connectivity index (χ1v) is 5.85. The van der Waals surface area contributed by atoms with Gasteiger partial charge in [0.05, 0.1) is 6.04 Å². The summed E-state index contributed by atoms with van der Waals surface area (Å²) >= 11 is 0. The molecular formula is C13H19FN2O. The number of amides is 1. The molecule has 0 radical (unpaired) electrons. The average Bonchev–Trinajstić information content (AvgIpc) is 2.30. The summed E-state index contributed by atoms with van der Waals surface area (Å²) < 4.78 is 13.3. The highest BCUT2D eigenvalue weighted by Crippen LogP contribution is 2.13. The van der Waals surface area contributed by atoms with Crippen LogP contribution in [0.4, 0.5) is 10.1 Å². The normalized spacial score (nSPS) is 12.2. The van der Waals surface area contributed by atoms with Crippen molar-refractivity contribution < 1.29 is 9.18 Å². The topological polar surface area (TPSA) is 41.1 Å². The maximum Gasteiger partial charge on any atom is 0.241 e. The first-order valence-electron chi connectivity index (χ1n) is 5.85. The van der Waals surface area contributed by atoms with Gasteiger partial charge < -0.3 is 10.6 Å². The lowest BCUT2D eigenvalue weighted by atomic mass is 10.2. The fraction of sp³-hybridized carbons (Fsp3) is 0.462. The van der Waals surface area contributed by atoms with Gasteiger partial charge in [-0.15, -0.1) is 0 Å². The second-order valence-corrected chi connectivity index (χ2v) is 4.13. The zero-order valence-electron chi connectivity index (χ0n) is 10.5. The van der Waals surface area contributed by atoms with E-state index in [4.69, 9.17) is 0 Å². The van der Waals surface area contributed by atoms with E-state index in [1.165, 1.54) is 6.07 Å². The van der Waals surface area contributed by atoms with E-state index in [-0.39, 0.29) is 17.8 Å². The van der Waals surface area contributed by atoms with E-state index in [1.54, 1.807) is 26.0 Å². The maximum atomic E-state index is 13.3.